The first kappa shape index (κ1) is 25.1. The second-order valence-electron chi connectivity index (χ2n) is 7.87. The second-order valence-corrected chi connectivity index (χ2v) is 7.87. The molecule has 0 spiro atoms. The van der Waals surface area contributed by atoms with Gasteiger partial charge in [0, 0.05) is 25.1 Å². The van der Waals surface area contributed by atoms with E-state index in [1.807, 2.05) is 32.1 Å². The van der Waals surface area contributed by atoms with E-state index < -0.39 is 18.2 Å². The highest BCUT2D eigenvalue weighted by atomic mass is 16.5. The van der Waals surface area contributed by atoms with Crippen molar-refractivity contribution in [3.8, 4) is 5.75 Å². The highest BCUT2D eigenvalue weighted by Gasteiger charge is 2.25. The predicted octanol–water partition coefficient (Wildman–Crippen LogP) is 4.35. The molecule has 1 aromatic rings. The maximum absolute atomic E-state index is 12.9. The molecular formula is C26H33NO5. The summed E-state index contributed by atoms with van der Waals surface area (Å²) >= 11 is 0. The average molecular weight is 440 g/mol. The maximum Gasteiger partial charge on any atom is 0.342 e. The molecule has 1 amide bonds. The third-order valence-electron chi connectivity index (χ3n) is 5.25. The molecule has 1 aliphatic heterocycles. The fourth-order valence-electron chi connectivity index (χ4n) is 3.34. The lowest BCUT2D eigenvalue weighted by Crippen LogP contribution is -2.28. The minimum absolute atomic E-state index is 0.000482. The molecule has 0 aliphatic carbocycles. The molecule has 3 N–H and O–H groups in total. The topological polar surface area (TPSA) is 95.9 Å². The number of rotatable bonds is 6. The number of phenolic OH excluding ortho intramolecular Hbond substituents is 1. The summed E-state index contributed by atoms with van der Waals surface area (Å²) in [5, 5.41) is 23.4. The summed E-state index contributed by atoms with van der Waals surface area (Å²) in [5.41, 5.74) is 0.832. The van der Waals surface area contributed by atoms with Crippen LogP contribution < -0.4 is 5.32 Å². The van der Waals surface area contributed by atoms with Crippen LogP contribution in [0.4, 0.5) is 0 Å². The number of hydrogen-bond donors (Lipinski definition) is 3. The van der Waals surface area contributed by atoms with Crippen LogP contribution in [0, 0.1) is 5.92 Å². The van der Waals surface area contributed by atoms with Crippen LogP contribution >= 0.6 is 0 Å². The Balaban J connectivity index is 2.11. The first-order valence-corrected chi connectivity index (χ1v) is 11.1. The van der Waals surface area contributed by atoms with Crippen LogP contribution in [0.15, 0.2) is 66.9 Å². The molecule has 1 aromatic carbocycles. The van der Waals surface area contributed by atoms with Crippen molar-refractivity contribution in [2.75, 3.05) is 0 Å². The Kier molecular flexibility index (Phi) is 10.5. The number of benzene rings is 1. The zero-order valence-corrected chi connectivity index (χ0v) is 18.7. The second kappa shape index (κ2) is 13.3. The average Bonchev–Trinajstić information content (AvgIpc) is 2.76. The number of carbonyl (C=O) groups is 2. The number of esters is 1. The number of allylic oxidation sites excluding steroid dienone is 5. The lowest BCUT2D eigenvalue weighted by Gasteiger charge is -2.24. The molecule has 1 unspecified atom stereocenters. The molecule has 172 valence electrons. The number of fused-ring (bicyclic) bond motifs is 1. The molecular weight excluding hydrogens is 406 g/mol. The van der Waals surface area contributed by atoms with Crippen molar-refractivity contribution in [2.45, 2.75) is 58.2 Å². The van der Waals surface area contributed by atoms with Crippen LogP contribution in [-0.2, 0) is 16.0 Å². The Bertz CT molecular complexity index is 884. The van der Waals surface area contributed by atoms with Crippen molar-refractivity contribution in [1.29, 1.82) is 0 Å². The van der Waals surface area contributed by atoms with Gasteiger partial charge >= 0.3 is 5.97 Å². The number of aliphatic hydroxyl groups is 1. The minimum atomic E-state index is -0.656. The van der Waals surface area contributed by atoms with E-state index >= 15 is 0 Å². The van der Waals surface area contributed by atoms with Crippen molar-refractivity contribution in [2.24, 2.45) is 5.92 Å². The maximum atomic E-state index is 12.9. The fourth-order valence-corrected chi connectivity index (χ4v) is 3.34. The number of aromatic hydroxyl groups is 1. The van der Waals surface area contributed by atoms with E-state index in [1.165, 1.54) is 18.3 Å². The van der Waals surface area contributed by atoms with Crippen molar-refractivity contribution < 1.29 is 24.5 Å². The standard InChI is InChI=1S/C26H33NO5/c1-3-4-5-6-16-24(30)27-17-10-14-21-18-23(29)19(2)11-7-8-12-20-13-9-15-22(28)25(20)26(31)32-21/h4-10,13,15-17,19,21,23,28-29H,3,11-12,14,18H2,1-2H3,(H,27,30)/t19-,21?,23+/m0/s1. The van der Waals surface area contributed by atoms with Gasteiger partial charge in [0.05, 0.1) is 6.10 Å². The van der Waals surface area contributed by atoms with E-state index in [4.69, 9.17) is 4.74 Å². The van der Waals surface area contributed by atoms with E-state index in [1.54, 1.807) is 30.4 Å². The minimum Gasteiger partial charge on any atom is -0.507 e. The summed E-state index contributed by atoms with van der Waals surface area (Å²) in [5.74, 6) is -1.02. The van der Waals surface area contributed by atoms with Gasteiger partial charge in [0.1, 0.15) is 17.4 Å². The summed E-state index contributed by atoms with van der Waals surface area (Å²) in [6, 6.07) is 4.95. The first-order valence-electron chi connectivity index (χ1n) is 11.1. The van der Waals surface area contributed by atoms with Crippen LogP contribution in [0.3, 0.4) is 0 Å². The summed E-state index contributed by atoms with van der Waals surface area (Å²) in [6.45, 7) is 3.96. The number of aliphatic hydroxyl groups excluding tert-OH is 1. The Hall–Kier alpha value is -3.12. The first-order chi connectivity index (χ1) is 15.4. The SMILES string of the molecule is CCC=CC=CC(=O)NC=CCC1C[C@@H](O)[C@@H](C)CC=CCc2cccc(O)c2C(=O)O1. The van der Waals surface area contributed by atoms with Crippen LogP contribution in [-0.4, -0.2) is 34.3 Å². The van der Waals surface area contributed by atoms with Crippen LogP contribution in [0.5, 0.6) is 5.75 Å². The monoisotopic (exact) mass is 439 g/mol. The van der Waals surface area contributed by atoms with Crippen LogP contribution in [0.25, 0.3) is 0 Å². The Morgan fingerprint density at radius 3 is 2.84 bits per heavy atom. The summed E-state index contributed by atoms with van der Waals surface area (Å²) < 4.78 is 5.68. The number of ether oxygens (including phenoxy) is 1. The smallest absolute Gasteiger partial charge is 0.342 e. The molecule has 0 aromatic heterocycles. The lowest BCUT2D eigenvalue weighted by molar-refractivity contribution is -0.115. The fraction of sp³-hybridized carbons (Fsp3) is 0.385. The van der Waals surface area contributed by atoms with E-state index in [9.17, 15) is 19.8 Å². The number of carbonyl (C=O) groups excluding carboxylic acids is 2. The third-order valence-corrected chi connectivity index (χ3v) is 5.25. The van der Waals surface area contributed by atoms with E-state index in [-0.39, 0.29) is 29.6 Å². The molecule has 6 nitrogen and oxygen atoms in total. The van der Waals surface area contributed by atoms with Gasteiger partial charge < -0.3 is 20.3 Å². The van der Waals surface area contributed by atoms with Gasteiger partial charge in [-0.15, -0.1) is 0 Å². The summed E-state index contributed by atoms with van der Waals surface area (Å²) in [7, 11) is 0. The van der Waals surface area contributed by atoms with Crippen molar-refractivity contribution in [3.05, 3.63) is 78.1 Å². The molecule has 0 saturated heterocycles. The molecule has 6 heteroatoms. The third kappa shape index (κ3) is 8.19. The number of hydrogen-bond acceptors (Lipinski definition) is 5. The van der Waals surface area contributed by atoms with Gasteiger partial charge in [-0.2, -0.15) is 0 Å². The van der Waals surface area contributed by atoms with E-state index in [0.29, 0.717) is 24.8 Å². The van der Waals surface area contributed by atoms with Crippen molar-refractivity contribution in [3.63, 3.8) is 0 Å². The van der Waals surface area contributed by atoms with Gasteiger partial charge in [-0.05, 0) is 36.8 Å². The van der Waals surface area contributed by atoms with Gasteiger partial charge in [0.15, 0.2) is 0 Å². The zero-order valence-electron chi connectivity index (χ0n) is 18.7. The van der Waals surface area contributed by atoms with E-state index in [2.05, 4.69) is 5.32 Å². The van der Waals surface area contributed by atoms with Gasteiger partial charge in [0.2, 0.25) is 5.91 Å². The highest BCUT2D eigenvalue weighted by Crippen LogP contribution is 2.26. The Morgan fingerprint density at radius 2 is 2.06 bits per heavy atom. The van der Waals surface area contributed by atoms with E-state index in [0.717, 1.165) is 6.42 Å². The van der Waals surface area contributed by atoms with Gasteiger partial charge in [-0.3, -0.25) is 4.79 Å². The Morgan fingerprint density at radius 1 is 1.25 bits per heavy atom. The lowest BCUT2D eigenvalue weighted by atomic mass is 9.93. The zero-order chi connectivity index (χ0) is 23.3. The Labute approximate surface area is 190 Å². The molecule has 1 aliphatic rings. The van der Waals surface area contributed by atoms with Gasteiger partial charge in [0.25, 0.3) is 0 Å². The number of amides is 1. The van der Waals surface area contributed by atoms with Crippen LogP contribution in [0.2, 0.25) is 0 Å². The van der Waals surface area contributed by atoms with Crippen LogP contribution in [0.1, 0.15) is 55.5 Å². The number of nitrogens with one attached hydrogen (secondary N) is 1. The summed E-state index contributed by atoms with van der Waals surface area (Å²) in [6.07, 6.45) is 15.3. The molecule has 0 fully saturated rings. The summed E-state index contributed by atoms with van der Waals surface area (Å²) in [4.78, 5) is 24.6. The molecule has 0 saturated carbocycles. The molecule has 0 bridgehead atoms. The van der Waals surface area contributed by atoms with Gasteiger partial charge in [-0.1, -0.05) is 62.4 Å². The van der Waals surface area contributed by atoms with Crippen molar-refractivity contribution >= 4 is 11.9 Å². The quantitative estimate of drug-likeness (QED) is 0.265. The molecule has 0 radical (unpaired) electrons. The molecule has 3 atom stereocenters. The predicted molar refractivity (Wildman–Crippen MR) is 125 cm³/mol. The number of phenols is 1. The molecule has 32 heavy (non-hydrogen) atoms. The highest BCUT2D eigenvalue weighted by molar-refractivity contribution is 5.94. The van der Waals surface area contributed by atoms with Crippen molar-refractivity contribution in [1.82, 2.24) is 5.32 Å². The molecule has 1 heterocycles. The molecule has 2 rings (SSSR count). The normalized spacial score (nSPS) is 22.5. The van der Waals surface area contributed by atoms with Gasteiger partial charge in [-0.25, -0.2) is 4.79 Å². The number of cyclic esters (lactones) is 1. The largest absolute Gasteiger partial charge is 0.507 e.